The number of rotatable bonds is 3. The summed E-state index contributed by atoms with van der Waals surface area (Å²) in [7, 11) is 0. The molecule has 1 unspecified atom stereocenters. The van der Waals surface area contributed by atoms with Crippen molar-refractivity contribution in [3.63, 3.8) is 0 Å². The number of aliphatic imine (C=N–C) groups is 1. The summed E-state index contributed by atoms with van der Waals surface area (Å²) in [5.74, 6) is 0.0446. The quantitative estimate of drug-likeness (QED) is 0.666. The molecule has 6 nitrogen and oxygen atoms in total. The molecule has 108 valence electrons. The summed E-state index contributed by atoms with van der Waals surface area (Å²) >= 11 is 1.49. The highest BCUT2D eigenvalue weighted by Crippen LogP contribution is 2.26. The molecular weight excluding hydrogens is 288 g/mol. The maximum atomic E-state index is 11.4. The molecule has 0 fully saturated rings. The van der Waals surface area contributed by atoms with Gasteiger partial charge in [-0.1, -0.05) is 18.2 Å². The maximum absolute atomic E-state index is 11.4. The zero-order valence-electron chi connectivity index (χ0n) is 11.4. The Morgan fingerprint density at radius 3 is 2.90 bits per heavy atom. The summed E-state index contributed by atoms with van der Waals surface area (Å²) < 4.78 is 1.85. The van der Waals surface area contributed by atoms with Crippen LogP contribution in [0.2, 0.25) is 0 Å². The highest BCUT2D eigenvalue weighted by atomic mass is 32.2. The van der Waals surface area contributed by atoms with Gasteiger partial charge in [0.05, 0.1) is 17.6 Å². The summed E-state index contributed by atoms with van der Waals surface area (Å²) in [5, 5.41) is 13.8. The van der Waals surface area contributed by atoms with E-state index >= 15 is 0 Å². The molecule has 7 heteroatoms. The Labute approximate surface area is 125 Å². The van der Waals surface area contributed by atoms with Crippen LogP contribution in [0, 0.1) is 6.92 Å². The molecule has 2 N–H and O–H groups in total. The molecule has 1 aliphatic rings. The van der Waals surface area contributed by atoms with E-state index < -0.39 is 11.9 Å². The zero-order valence-corrected chi connectivity index (χ0v) is 12.2. The van der Waals surface area contributed by atoms with Gasteiger partial charge in [-0.2, -0.15) is 5.10 Å². The van der Waals surface area contributed by atoms with Gasteiger partial charge >= 0.3 is 0 Å². The Balaban J connectivity index is 1.92. The molecule has 0 radical (unpaired) electrons. The first-order chi connectivity index (χ1) is 10.2. The third-order valence-electron chi connectivity index (χ3n) is 3.30. The fourth-order valence-corrected chi connectivity index (χ4v) is 3.28. The van der Waals surface area contributed by atoms with Crippen LogP contribution in [-0.4, -0.2) is 37.7 Å². The number of amides is 1. The Bertz CT molecular complexity index is 696. The van der Waals surface area contributed by atoms with E-state index in [4.69, 9.17) is 5.21 Å². The first kappa shape index (κ1) is 13.8. The predicted molar refractivity (Wildman–Crippen MR) is 81.0 cm³/mol. The minimum Gasteiger partial charge on any atom is -0.289 e. The second-order valence-corrected chi connectivity index (χ2v) is 5.64. The van der Waals surface area contributed by atoms with Crippen LogP contribution >= 0.6 is 11.8 Å². The van der Waals surface area contributed by atoms with Gasteiger partial charge in [0.15, 0.2) is 0 Å². The lowest BCUT2D eigenvalue weighted by molar-refractivity contribution is -0.129. The lowest BCUT2D eigenvalue weighted by atomic mass is 10.2. The monoisotopic (exact) mass is 302 g/mol. The van der Waals surface area contributed by atoms with Gasteiger partial charge < -0.3 is 0 Å². The van der Waals surface area contributed by atoms with Crippen LogP contribution < -0.4 is 5.48 Å². The molecule has 1 atom stereocenters. The number of hydroxylamine groups is 1. The topological polar surface area (TPSA) is 79.5 Å². The van der Waals surface area contributed by atoms with Crippen LogP contribution in [0.1, 0.15) is 11.3 Å². The number of carbonyl (C=O) groups excluding carboxylic acids is 1. The first-order valence-corrected chi connectivity index (χ1v) is 7.44. The Morgan fingerprint density at radius 1 is 1.43 bits per heavy atom. The predicted octanol–water partition coefficient (Wildman–Crippen LogP) is 1.55. The largest absolute Gasteiger partial charge is 0.289 e. The van der Waals surface area contributed by atoms with E-state index in [1.54, 1.807) is 11.7 Å². The van der Waals surface area contributed by atoms with E-state index in [1.807, 2.05) is 41.9 Å². The van der Waals surface area contributed by atoms with E-state index in [0.29, 0.717) is 5.75 Å². The van der Waals surface area contributed by atoms with Gasteiger partial charge in [0.25, 0.3) is 5.91 Å². The molecule has 0 bridgehead atoms. The number of carbonyl (C=O) groups is 1. The van der Waals surface area contributed by atoms with E-state index in [1.165, 1.54) is 11.8 Å². The van der Waals surface area contributed by atoms with Crippen molar-refractivity contribution in [1.29, 1.82) is 0 Å². The molecule has 0 aliphatic carbocycles. The summed E-state index contributed by atoms with van der Waals surface area (Å²) in [6.07, 6.45) is 1.76. The summed E-state index contributed by atoms with van der Waals surface area (Å²) in [6.45, 7) is 1.97. The third kappa shape index (κ3) is 2.57. The number of nitrogens with one attached hydrogen (secondary N) is 1. The van der Waals surface area contributed by atoms with Crippen LogP contribution in [0.15, 0.2) is 41.5 Å². The molecule has 2 aromatic rings. The van der Waals surface area contributed by atoms with Crippen molar-refractivity contribution in [1.82, 2.24) is 15.3 Å². The van der Waals surface area contributed by atoms with Crippen LogP contribution in [0.5, 0.6) is 0 Å². The molecule has 0 saturated heterocycles. The minimum atomic E-state index is -0.547. The number of thioether (sulfide) groups is 1. The molecular formula is C14H14N4O2S. The van der Waals surface area contributed by atoms with Gasteiger partial charge in [-0.25, -0.2) is 10.2 Å². The first-order valence-electron chi connectivity index (χ1n) is 6.45. The number of nitrogens with zero attached hydrogens (tertiary/aromatic N) is 3. The standard InChI is InChI=1S/C14H14N4O2S/c1-9-11(14-16-12(8-21-14)13(19)17-20)7-15-18(9)10-5-3-2-4-6-10/h2-7,12,20H,8H2,1H3,(H,17,19). The van der Waals surface area contributed by atoms with Crippen molar-refractivity contribution in [3.8, 4) is 5.69 Å². The number of hydrogen-bond donors (Lipinski definition) is 2. The maximum Gasteiger partial charge on any atom is 0.269 e. The zero-order chi connectivity index (χ0) is 14.8. The molecule has 0 spiro atoms. The lowest BCUT2D eigenvalue weighted by Crippen LogP contribution is -2.31. The molecule has 1 amide bonds. The number of benzene rings is 1. The van der Waals surface area contributed by atoms with Crippen LogP contribution in [0.3, 0.4) is 0 Å². The van der Waals surface area contributed by atoms with Crippen molar-refractivity contribution in [2.24, 2.45) is 4.99 Å². The number of para-hydroxylation sites is 1. The molecule has 21 heavy (non-hydrogen) atoms. The van der Waals surface area contributed by atoms with Crippen molar-refractivity contribution in [2.45, 2.75) is 13.0 Å². The smallest absolute Gasteiger partial charge is 0.269 e. The number of aromatic nitrogens is 2. The van der Waals surface area contributed by atoms with Gasteiger partial charge in [-0.15, -0.1) is 11.8 Å². The van der Waals surface area contributed by atoms with Gasteiger partial charge in [0, 0.05) is 11.3 Å². The molecule has 1 aliphatic heterocycles. The van der Waals surface area contributed by atoms with Gasteiger partial charge in [0.1, 0.15) is 11.1 Å². The van der Waals surface area contributed by atoms with Gasteiger partial charge in [-0.3, -0.25) is 15.0 Å². The molecule has 1 aromatic carbocycles. The summed E-state index contributed by atoms with van der Waals surface area (Å²) in [6, 6.07) is 9.29. The summed E-state index contributed by atoms with van der Waals surface area (Å²) in [5.41, 5.74) is 4.51. The second kappa shape index (κ2) is 5.71. The van der Waals surface area contributed by atoms with Crippen molar-refractivity contribution in [3.05, 3.63) is 47.8 Å². The molecule has 2 heterocycles. The highest BCUT2D eigenvalue weighted by Gasteiger charge is 2.27. The minimum absolute atomic E-state index is 0.481. The average Bonchev–Trinajstić information content (AvgIpc) is 3.14. The lowest BCUT2D eigenvalue weighted by Gasteiger charge is -2.04. The van der Waals surface area contributed by atoms with Crippen molar-refractivity contribution in [2.75, 3.05) is 5.75 Å². The summed E-state index contributed by atoms with van der Waals surface area (Å²) in [4.78, 5) is 15.8. The Hall–Kier alpha value is -2.12. The third-order valence-corrected chi connectivity index (χ3v) is 4.39. The van der Waals surface area contributed by atoms with E-state index in [0.717, 1.165) is 22.0 Å². The van der Waals surface area contributed by atoms with E-state index in [9.17, 15) is 4.79 Å². The highest BCUT2D eigenvalue weighted by molar-refractivity contribution is 8.14. The molecule has 0 saturated carbocycles. The van der Waals surface area contributed by atoms with Crippen molar-refractivity contribution >= 4 is 22.7 Å². The number of hydrogen-bond acceptors (Lipinski definition) is 5. The fraction of sp³-hybridized carbons (Fsp3) is 0.214. The second-order valence-electron chi connectivity index (χ2n) is 4.63. The molecule has 3 rings (SSSR count). The van der Waals surface area contributed by atoms with Crippen LogP contribution in [0.4, 0.5) is 0 Å². The van der Waals surface area contributed by atoms with Gasteiger partial charge in [-0.05, 0) is 19.1 Å². The van der Waals surface area contributed by atoms with Crippen LogP contribution in [0.25, 0.3) is 5.69 Å². The molecule has 1 aromatic heterocycles. The SMILES string of the molecule is Cc1c(C2=NC(C(=O)NO)CS2)cnn1-c1ccccc1. The van der Waals surface area contributed by atoms with E-state index in [2.05, 4.69) is 10.1 Å². The average molecular weight is 302 g/mol. The van der Waals surface area contributed by atoms with Gasteiger partial charge in [0.2, 0.25) is 0 Å². The Morgan fingerprint density at radius 2 is 2.19 bits per heavy atom. The fourth-order valence-electron chi connectivity index (χ4n) is 2.18. The normalized spacial score (nSPS) is 17.6. The van der Waals surface area contributed by atoms with Crippen molar-refractivity contribution < 1.29 is 10.0 Å². The Kier molecular flexibility index (Phi) is 3.76. The van der Waals surface area contributed by atoms with Crippen LogP contribution in [-0.2, 0) is 4.79 Å². The van der Waals surface area contributed by atoms with E-state index in [-0.39, 0.29) is 0 Å².